The first kappa shape index (κ1) is 43.5. The molecular weight excluding hydrogens is 837 g/mol. The van der Waals surface area contributed by atoms with Crippen molar-refractivity contribution >= 4 is 0 Å². The first-order chi connectivity index (χ1) is 31.3. The molecule has 2 spiro atoms. The standard InChI is InChI=1S/C54H78N2O10/c1-25-13-15-51(61-23-25)27(3)41-43(64-51)45(58)53(59)31-11-9-29-17-35-37(21-47(29,5)33(31)19-39(57)49(41,53)7)55-36-18-30-10-12-32-34(48(30,6)22-38(36)56-35)20-40-50(8)42-28(4)52(16-14-26(2)24-62-52)65-44(42)46(63-40)66-54(32,50)60/h25-34,39-46,57-60H,9-24H2,1-8H3/t25-,26+,27-,28-,29?,30?,31+,32+,33-,34-,39-,40-,41-,42-,43+,44+,45+,46+,47-,48-,49+,50+,51+,52+,53+,54+/m0/s1. The first-order valence-corrected chi connectivity index (χ1v) is 26.9. The van der Waals surface area contributed by atoms with Crippen molar-refractivity contribution < 1.29 is 48.8 Å². The number of aliphatic hydroxyl groups is 4. The van der Waals surface area contributed by atoms with Crippen molar-refractivity contribution in [3.8, 4) is 0 Å². The number of ether oxygens (including phenoxy) is 6. The Hall–Kier alpha value is -1.32. The van der Waals surface area contributed by atoms with E-state index in [0.717, 1.165) is 106 Å². The van der Waals surface area contributed by atoms with Gasteiger partial charge >= 0.3 is 0 Å². The molecule has 1 aromatic rings. The van der Waals surface area contributed by atoms with E-state index in [1.807, 2.05) is 0 Å². The minimum absolute atomic E-state index is 0.00722. The highest BCUT2D eigenvalue weighted by Gasteiger charge is 2.83. The van der Waals surface area contributed by atoms with Crippen molar-refractivity contribution in [3.63, 3.8) is 0 Å². The summed E-state index contributed by atoms with van der Waals surface area (Å²) in [6, 6.07) is 0. The molecule has 4 N–H and O–H groups in total. The average Bonchev–Trinajstić information content (AvgIpc) is 3.80. The summed E-state index contributed by atoms with van der Waals surface area (Å²) in [4.78, 5) is 11.2. The number of hydrogen-bond acceptors (Lipinski definition) is 12. The van der Waals surface area contributed by atoms with Crippen LogP contribution in [0.15, 0.2) is 0 Å². The zero-order valence-corrected chi connectivity index (χ0v) is 40.8. The lowest BCUT2D eigenvalue weighted by molar-refractivity contribution is -0.505. The van der Waals surface area contributed by atoms with Crippen LogP contribution < -0.4 is 0 Å². The van der Waals surface area contributed by atoms with Crippen LogP contribution >= 0.6 is 0 Å². The summed E-state index contributed by atoms with van der Waals surface area (Å²) in [7, 11) is 0. The van der Waals surface area contributed by atoms with Crippen LogP contribution in [0.1, 0.15) is 142 Å². The molecule has 12 nitrogen and oxygen atoms in total. The van der Waals surface area contributed by atoms with E-state index in [0.29, 0.717) is 43.3 Å². The molecule has 7 aliphatic carbocycles. The number of aliphatic hydroxyl groups excluding tert-OH is 2. The van der Waals surface area contributed by atoms with Gasteiger partial charge in [-0.3, -0.25) is 9.97 Å². The highest BCUT2D eigenvalue weighted by atomic mass is 16.8. The van der Waals surface area contributed by atoms with Gasteiger partial charge in [0, 0.05) is 47.8 Å². The molecule has 1 aromatic heterocycles. The fourth-order valence-corrected chi connectivity index (χ4v) is 20.5. The predicted octanol–water partition coefficient (Wildman–Crippen LogP) is 6.29. The fourth-order valence-electron chi connectivity index (χ4n) is 20.5. The second kappa shape index (κ2) is 13.4. The quantitative estimate of drug-likeness (QED) is 0.231. The molecule has 364 valence electrons. The van der Waals surface area contributed by atoms with E-state index >= 15 is 0 Å². The highest BCUT2D eigenvalue weighted by molar-refractivity contribution is 5.34. The Morgan fingerprint density at radius 1 is 0.576 bits per heavy atom. The Kier molecular flexibility index (Phi) is 8.82. The maximum absolute atomic E-state index is 13.3. The van der Waals surface area contributed by atoms with Gasteiger partial charge in [-0.2, -0.15) is 0 Å². The molecular formula is C54H78N2O10. The van der Waals surface area contributed by atoms with Gasteiger partial charge in [-0.25, -0.2) is 0 Å². The Bertz CT molecular complexity index is 2210. The molecule has 66 heavy (non-hydrogen) atoms. The molecule has 14 aliphatic rings. The molecule has 7 aliphatic heterocycles. The van der Waals surface area contributed by atoms with Crippen molar-refractivity contribution in [2.75, 3.05) is 13.2 Å². The highest BCUT2D eigenvalue weighted by Crippen LogP contribution is 2.75. The monoisotopic (exact) mass is 915 g/mol. The van der Waals surface area contributed by atoms with Gasteiger partial charge in [0.05, 0.1) is 59.7 Å². The molecule has 12 fully saturated rings. The third kappa shape index (κ3) is 4.85. The number of rotatable bonds is 0. The van der Waals surface area contributed by atoms with Gasteiger partial charge < -0.3 is 48.8 Å². The van der Waals surface area contributed by atoms with E-state index in [9.17, 15) is 20.4 Å². The van der Waals surface area contributed by atoms with Gasteiger partial charge in [-0.1, -0.05) is 55.4 Å². The Morgan fingerprint density at radius 2 is 1.11 bits per heavy atom. The van der Waals surface area contributed by atoms with E-state index in [1.54, 1.807) is 0 Å². The lowest BCUT2D eigenvalue weighted by atomic mass is 9.41. The van der Waals surface area contributed by atoms with E-state index < -0.39 is 58.4 Å². The molecule has 12 heteroatoms. The fraction of sp³-hybridized carbons (Fsp3) is 0.926. The SMILES string of the molecule is C[C@@H]1CC[C@@]2(OC1)O[C@H]1[C@@H]3O[C@H]4C[C@H]5[C@@H](CCC6Cc7nc8c(nc7C[C@@]65C)CC5CC[C@@H]6[C@H](C[C@H](O)[C@]7(C)[C@@H]9[C@@H](O[C@]%10(CC[C@H](C)CO%10)[C@H]9C)[C@@H](O)[C@]67O)[C@@]5(C)C8)[C@@](O)(O3)[C@@]4(C)[C@H]1[C@@H]2C. The van der Waals surface area contributed by atoms with Crippen LogP contribution in [-0.2, 0) is 54.1 Å². The van der Waals surface area contributed by atoms with Gasteiger partial charge in [0.2, 0.25) is 0 Å². The summed E-state index contributed by atoms with van der Waals surface area (Å²) in [5.74, 6) is -0.978. The maximum Gasteiger partial charge on any atom is 0.187 e. The predicted molar refractivity (Wildman–Crippen MR) is 239 cm³/mol. The van der Waals surface area contributed by atoms with Crippen molar-refractivity contribution in [2.24, 2.45) is 92.7 Å². The largest absolute Gasteiger partial charge is 0.392 e. The van der Waals surface area contributed by atoms with E-state index in [1.165, 1.54) is 0 Å². The molecule has 4 bridgehead atoms. The molecule has 8 heterocycles. The van der Waals surface area contributed by atoms with Crippen LogP contribution in [0.2, 0.25) is 0 Å². The van der Waals surface area contributed by atoms with Crippen LogP contribution in [0.25, 0.3) is 0 Å². The van der Waals surface area contributed by atoms with Gasteiger partial charge in [0.25, 0.3) is 0 Å². The summed E-state index contributed by atoms with van der Waals surface area (Å²) in [5.41, 5.74) is 1.18. The van der Waals surface area contributed by atoms with Crippen LogP contribution in [0.4, 0.5) is 0 Å². The van der Waals surface area contributed by atoms with Crippen LogP contribution in [-0.4, -0.2) is 103 Å². The van der Waals surface area contributed by atoms with Crippen molar-refractivity contribution in [3.05, 3.63) is 22.8 Å². The molecule has 0 amide bonds. The number of nitrogens with zero attached hydrogens (tertiary/aromatic N) is 2. The van der Waals surface area contributed by atoms with E-state index in [2.05, 4.69) is 55.4 Å². The van der Waals surface area contributed by atoms with Crippen molar-refractivity contribution in [1.29, 1.82) is 0 Å². The molecule has 26 atom stereocenters. The summed E-state index contributed by atoms with van der Waals surface area (Å²) in [5, 5.41) is 51.4. The Labute approximate surface area is 391 Å². The van der Waals surface area contributed by atoms with Gasteiger partial charge in [0.1, 0.15) is 17.8 Å². The normalized spacial score (nSPS) is 62.6. The van der Waals surface area contributed by atoms with E-state index in [-0.39, 0.29) is 70.4 Å². The number of fused-ring (bicyclic) bond motifs is 12. The zero-order valence-electron chi connectivity index (χ0n) is 40.8. The lowest BCUT2D eigenvalue weighted by Gasteiger charge is -2.72. The zero-order chi connectivity index (χ0) is 45.7. The number of aromatic nitrogens is 2. The third-order valence-electron chi connectivity index (χ3n) is 24.4. The molecule has 7 saturated heterocycles. The first-order valence-electron chi connectivity index (χ1n) is 26.9. The summed E-state index contributed by atoms with van der Waals surface area (Å²) in [6.45, 7) is 19.4. The van der Waals surface area contributed by atoms with Crippen LogP contribution in [0, 0.1) is 92.7 Å². The minimum Gasteiger partial charge on any atom is -0.392 e. The molecule has 15 rings (SSSR count). The minimum atomic E-state index is -1.48. The van der Waals surface area contributed by atoms with Crippen molar-refractivity contribution in [2.45, 2.75) is 205 Å². The molecule has 0 radical (unpaired) electrons. The molecule has 2 unspecified atom stereocenters. The van der Waals surface area contributed by atoms with Gasteiger partial charge in [-0.05, 0) is 129 Å². The van der Waals surface area contributed by atoms with Gasteiger partial charge in [0.15, 0.2) is 23.7 Å². The second-order valence-electron chi connectivity index (χ2n) is 26.7. The summed E-state index contributed by atoms with van der Waals surface area (Å²) < 4.78 is 40.6. The van der Waals surface area contributed by atoms with Crippen LogP contribution in [0.5, 0.6) is 0 Å². The maximum atomic E-state index is 13.3. The second-order valence-corrected chi connectivity index (χ2v) is 26.7. The number of hydrogen-bond donors (Lipinski definition) is 4. The lowest BCUT2D eigenvalue weighted by Crippen LogP contribution is -2.80. The van der Waals surface area contributed by atoms with E-state index in [4.69, 9.17) is 38.4 Å². The van der Waals surface area contributed by atoms with Crippen LogP contribution in [0.3, 0.4) is 0 Å². The summed E-state index contributed by atoms with van der Waals surface area (Å²) >= 11 is 0. The van der Waals surface area contributed by atoms with Gasteiger partial charge in [-0.15, -0.1) is 0 Å². The third-order valence-corrected chi connectivity index (χ3v) is 24.4. The molecule has 0 aromatic carbocycles. The Morgan fingerprint density at radius 3 is 1.67 bits per heavy atom. The average molecular weight is 915 g/mol. The smallest absolute Gasteiger partial charge is 0.187 e. The van der Waals surface area contributed by atoms with Crippen molar-refractivity contribution in [1.82, 2.24) is 9.97 Å². The summed E-state index contributed by atoms with van der Waals surface area (Å²) in [6.07, 6.45) is 8.80. The topological polar surface area (TPSA) is 162 Å². The molecule has 5 saturated carbocycles. The Balaban J connectivity index is 0.736.